The molecule has 120 valence electrons. The molecule has 0 amide bonds. The van der Waals surface area contributed by atoms with Gasteiger partial charge in [0.05, 0.1) is 6.54 Å². The molecule has 1 saturated heterocycles. The molecule has 0 aliphatic carbocycles. The van der Waals surface area contributed by atoms with Crippen molar-refractivity contribution in [2.24, 2.45) is 4.99 Å². The Bertz CT molecular complexity index is 266. The van der Waals surface area contributed by atoms with E-state index < -0.39 is 0 Å². The van der Waals surface area contributed by atoms with Crippen LogP contribution in [0.3, 0.4) is 0 Å². The van der Waals surface area contributed by atoms with E-state index in [0.29, 0.717) is 0 Å². The van der Waals surface area contributed by atoms with Crippen LogP contribution in [-0.2, 0) is 0 Å². The van der Waals surface area contributed by atoms with Crippen molar-refractivity contribution < 1.29 is 0 Å². The van der Waals surface area contributed by atoms with Crippen molar-refractivity contribution in [1.82, 2.24) is 15.5 Å². The SMILES string of the molecule is CCNC(=NCCN1CCCCCC1)NC(C)(C)C.I. The summed E-state index contributed by atoms with van der Waals surface area (Å²) in [5.41, 5.74) is 0.0591. The summed E-state index contributed by atoms with van der Waals surface area (Å²) in [6.07, 6.45) is 5.50. The summed E-state index contributed by atoms with van der Waals surface area (Å²) in [4.78, 5) is 7.23. The summed E-state index contributed by atoms with van der Waals surface area (Å²) in [7, 11) is 0. The van der Waals surface area contributed by atoms with Gasteiger partial charge in [-0.25, -0.2) is 0 Å². The molecule has 20 heavy (non-hydrogen) atoms. The first-order chi connectivity index (χ1) is 9.01. The lowest BCUT2D eigenvalue weighted by molar-refractivity contribution is 0.293. The summed E-state index contributed by atoms with van der Waals surface area (Å²) >= 11 is 0. The smallest absolute Gasteiger partial charge is 0.191 e. The molecule has 1 aliphatic heterocycles. The molecule has 4 nitrogen and oxygen atoms in total. The van der Waals surface area contributed by atoms with Gasteiger partial charge in [0.15, 0.2) is 5.96 Å². The molecule has 1 rings (SSSR count). The van der Waals surface area contributed by atoms with E-state index in [2.05, 4.69) is 48.2 Å². The summed E-state index contributed by atoms with van der Waals surface area (Å²) < 4.78 is 0. The van der Waals surface area contributed by atoms with Crippen molar-refractivity contribution in [2.45, 2.75) is 58.9 Å². The van der Waals surface area contributed by atoms with E-state index in [0.717, 1.165) is 25.6 Å². The molecule has 1 heterocycles. The minimum atomic E-state index is 0. The average Bonchev–Trinajstić information content (AvgIpc) is 2.56. The summed E-state index contributed by atoms with van der Waals surface area (Å²) in [6.45, 7) is 14.0. The van der Waals surface area contributed by atoms with E-state index >= 15 is 0 Å². The van der Waals surface area contributed by atoms with Crippen LogP contribution in [-0.4, -0.2) is 49.1 Å². The van der Waals surface area contributed by atoms with Crippen molar-refractivity contribution in [3.63, 3.8) is 0 Å². The zero-order chi connectivity index (χ0) is 14.1. The average molecular weight is 396 g/mol. The molecule has 0 aromatic heterocycles. The molecule has 0 spiro atoms. The second-order valence-corrected chi connectivity index (χ2v) is 6.39. The fourth-order valence-corrected chi connectivity index (χ4v) is 2.33. The molecular formula is C15H33IN4. The molecule has 0 atom stereocenters. The van der Waals surface area contributed by atoms with Gasteiger partial charge in [-0.1, -0.05) is 12.8 Å². The first-order valence-corrected chi connectivity index (χ1v) is 7.80. The zero-order valence-electron chi connectivity index (χ0n) is 13.7. The monoisotopic (exact) mass is 396 g/mol. The first kappa shape index (κ1) is 20.0. The van der Waals surface area contributed by atoms with Crippen molar-refractivity contribution in [1.29, 1.82) is 0 Å². The first-order valence-electron chi connectivity index (χ1n) is 7.80. The van der Waals surface area contributed by atoms with Crippen LogP contribution in [0.25, 0.3) is 0 Å². The molecule has 1 aliphatic rings. The van der Waals surface area contributed by atoms with E-state index in [-0.39, 0.29) is 29.5 Å². The topological polar surface area (TPSA) is 39.7 Å². The van der Waals surface area contributed by atoms with Crippen LogP contribution in [0.5, 0.6) is 0 Å². The molecule has 0 bridgehead atoms. The van der Waals surface area contributed by atoms with Crippen LogP contribution in [0.2, 0.25) is 0 Å². The number of guanidine groups is 1. The Balaban J connectivity index is 0.00000361. The Hall–Kier alpha value is -0.0400. The number of hydrogen-bond acceptors (Lipinski definition) is 2. The number of aliphatic imine (C=N–C) groups is 1. The Morgan fingerprint density at radius 3 is 2.20 bits per heavy atom. The maximum atomic E-state index is 4.68. The lowest BCUT2D eigenvalue weighted by Gasteiger charge is -2.24. The number of likely N-dealkylation sites (tertiary alicyclic amines) is 1. The highest BCUT2D eigenvalue weighted by Gasteiger charge is 2.12. The van der Waals surface area contributed by atoms with Gasteiger partial charge in [0.1, 0.15) is 0 Å². The van der Waals surface area contributed by atoms with Crippen molar-refractivity contribution in [3.8, 4) is 0 Å². The second-order valence-electron chi connectivity index (χ2n) is 6.39. The molecule has 5 heteroatoms. The Morgan fingerprint density at radius 1 is 1.10 bits per heavy atom. The van der Waals surface area contributed by atoms with Gasteiger partial charge < -0.3 is 15.5 Å². The minimum absolute atomic E-state index is 0. The third kappa shape index (κ3) is 9.80. The number of nitrogens with zero attached hydrogens (tertiary/aromatic N) is 2. The molecule has 0 unspecified atom stereocenters. The van der Waals surface area contributed by atoms with Crippen LogP contribution in [0, 0.1) is 0 Å². The lowest BCUT2D eigenvalue weighted by Crippen LogP contribution is -2.47. The zero-order valence-corrected chi connectivity index (χ0v) is 16.0. The van der Waals surface area contributed by atoms with Gasteiger partial charge in [-0.15, -0.1) is 24.0 Å². The molecule has 2 N–H and O–H groups in total. The quantitative estimate of drug-likeness (QED) is 0.436. The van der Waals surface area contributed by atoms with Gasteiger partial charge in [-0.3, -0.25) is 4.99 Å². The van der Waals surface area contributed by atoms with Gasteiger partial charge in [0.25, 0.3) is 0 Å². The molecule has 0 radical (unpaired) electrons. The highest BCUT2D eigenvalue weighted by Crippen LogP contribution is 2.08. The minimum Gasteiger partial charge on any atom is -0.357 e. The van der Waals surface area contributed by atoms with Crippen LogP contribution < -0.4 is 10.6 Å². The van der Waals surface area contributed by atoms with Crippen molar-refractivity contribution in [2.75, 3.05) is 32.7 Å². The van der Waals surface area contributed by atoms with Gasteiger partial charge in [-0.05, 0) is 53.6 Å². The third-order valence-electron chi connectivity index (χ3n) is 3.22. The van der Waals surface area contributed by atoms with E-state index in [9.17, 15) is 0 Å². The van der Waals surface area contributed by atoms with Crippen LogP contribution in [0.4, 0.5) is 0 Å². The van der Waals surface area contributed by atoms with E-state index in [4.69, 9.17) is 0 Å². The molecule has 0 saturated carbocycles. The normalized spacial score (nSPS) is 18.1. The van der Waals surface area contributed by atoms with E-state index in [1.807, 2.05) is 0 Å². The molecular weight excluding hydrogens is 363 g/mol. The number of hydrogen-bond donors (Lipinski definition) is 2. The fourth-order valence-electron chi connectivity index (χ4n) is 2.33. The number of rotatable bonds is 4. The maximum absolute atomic E-state index is 4.68. The largest absolute Gasteiger partial charge is 0.357 e. The summed E-state index contributed by atoms with van der Waals surface area (Å²) in [5.74, 6) is 0.935. The van der Waals surface area contributed by atoms with Crippen LogP contribution in [0.1, 0.15) is 53.4 Å². The molecule has 0 aromatic rings. The van der Waals surface area contributed by atoms with Gasteiger partial charge >= 0.3 is 0 Å². The predicted molar refractivity (Wildman–Crippen MR) is 99.2 cm³/mol. The van der Waals surface area contributed by atoms with Gasteiger partial charge in [0, 0.05) is 18.6 Å². The second kappa shape index (κ2) is 10.7. The fraction of sp³-hybridized carbons (Fsp3) is 0.933. The number of nitrogens with one attached hydrogen (secondary N) is 2. The highest BCUT2D eigenvalue weighted by molar-refractivity contribution is 14.0. The lowest BCUT2D eigenvalue weighted by atomic mass is 10.1. The van der Waals surface area contributed by atoms with Crippen molar-refractivity contribution >= 4 is 29.9 Å². The molecule has 1 fully saturated rings. The maximum Gasteiger partial charge on any atom is 0.191 e. The van der Waals surface area contributed by atoms with Crippen molar-refractivity contribution in [3.05, 3.63) is 0 Å². The standard InChI is InChI=1S/C15H32N4.HI/c1-5-16-14(18-15(2,3)4)17-10-13-19-11-8-6-7-9-12-19;/h5-13H2,1-4H3,(H2,16,17,18);1H. The molecule has 0 aromatic carbocycles. The van der Waals surface area contributed by atoms with Gasteiger partial charge in [-0.2, -0.15) is 0 Å². The Labute approximate surface area is 142 Å². The highest BCUT2D eigenvalue weighted by atomic mass is 127. The number of halogens is 1. The summed E-state index contributed by atoms with van der Waals surface area (Å²) in [5, 5.41) is 6.74. The van der Waals surface area contributed by atoms with Crippen LogP contribution in [0.15, 0.2) is 4.99 Å². The Kier molecular flexibility index (Phi) is 10.6. The third-order valence-corrected chi connectivity index (χ3v) is 3.22. The van der Waals surface area contributed by atoms with Crippen LogP contribution >= 0.6 is 24.0 Å². The predicted octanol–water partition coefficient (Wildman–Crippen LogP) is 2.83. The van der Waals surface area contributed by atoms with E-state index in [1.54, 1.807) is 0 Å². The summed E-state index contributed by atoms with van der Waals surface area (Å²) in [6, 6.07) is 0. The Morgan fingerprint density at radius 2 is 1.70 bits per heavy atom. The van der Waals surface area contributed by atoms with E-state index in [1.165, 1.54) is 38.8 Å². The van der Waals surface area contributed by atoms with Gasteiger partial charge in [0.2, 0.25) is 0 Å².